The highest BCUT2D eigenvalue weighted by atomic mass is 16.3. The first kappa shape index (κ1) is 5.76. The van der Waals surface area contributed by atoms with Crippen LogP contribution in [0.15, 0.2) is 0 Å². The third kappa shape index (κ3) is 0.757. The SMILES string of the molecule is O=CC1CCC1CO. The van der Waals surface area contributed by atoms with Crippen molar-refractivity contribution in [2.45, 2.75) is 12.8 Å². The van der Waals surface area contributed by atoms with Crippen LogP contribution in [0.5, 0.6) is 0 Å². The molecule has 46 valence electrons. The molecule has 1 rings (SSSR count). The molecule has 2 unspecified atom stereocenters. The largest absolute Gasteiger partial charge is 0.396 e. The third-order valence-electron chi connectivity index (χ3n) is 1.89. The third-order valence-corrected chi connectivity index (χ3v) is 1.89. The van der Waals surface area contributed by atoms with Crippen molar-refractivity contribution in [3.8, 4) is 0 Å². The van der Waals surface area contributed by atoms with Gasteiger partial charge in [0.1, 0.15) is 6.29 Å². The summed E-state index contributed by atoms with van der Waals surface area (Å²) in [5, 5.41) is 8.53. The van der Waals surface area contributed by atoms with Crippen LogP contribution in [0.4, 0.5) is 0 Å². The van der Waals surface area contributed by atoms with Gasteiger partial charge in [0.25, 0.3) is 0 Å². The highest BCUT2D eigenvalue weighted by Crippen LogP contribution is 2.31. The molecule has 0 spiro atoms. The van der Waals surface area contributed by atoms with Gasteiger partial charge in [0, 0.05) is 12.5 Å². The predicted octanol–water partition coefficient (Wildman–Crippen LogP) is 0.204. The molecule has 1 saturated carbocycles. The molecule has 2 nitrogen and oxygen atoms in total. The molecule has 0 heterocycles. The lowest BCUT2D eigenvalue weighted by Gasteiger charge is -2.30. The lowest BCUT2D eigenvalue weighted by atomic mass is 9.75. The van der Waals surface area contributed by atoms with Gasteiger partial charge in [0.15, 0.2) is 0 Å². The van der Waals surface area contributed by atoms with E-state index in [-0.39, 0.29) is 18.4 Å². The summed E-state index contributed by atoms with van der Waals surface area (Å²) in [6.45, 7) is 0.184. The molecule has 1 aliphatic carbocycles. The molecule has 0 radical (unpaired) electrons. The molecule has 1 fully saturated rings. The van der Waals surface area contributed by atoms with E-state index >= 15 is 0 Å². The van der Waals surface area contributed by atoms with Crippen molar-refractivity contribution in [2.24, 2.45) is 11.8 Å². The number of aldehydes is 1. The molecule has 2 heteroatoms. The first-order valence-corrected chi connectivity index (χ1v) is 2.94. The fourth-order valence-corrected chi connectivity index (χ4v) is 1.00. The average Bonchev–Trinajstić information content (AvgIpc) is 1.66. The molecular weight excluding hydrogens is 104 g/mol. The van der Waals surface area contributed by atoms with E-state index in [0.29, 0.717) is 0 Å². The van der Waals surface area contributed by atoms with Crippen molar-refractivity contribution in [1.29, 1.82) is 0 Å². The second-order valence-corrected chi connectivity index (χ2v) is 2.32. The molecule has 1 aliphatic rings. The number of carbonyl (C=O) groups excluding carboxylic acids is 1. The first-order valence-electron chi connectivity index (χ1n) is 2.94. The van der Waals surface area contributed by atoms with E-state index in [2.05, 4.69) is 0 Å². The minimum absolute atomic E-state index is 0.167. The van der Waals surface area contributed by atoms with Gasteiger partial charge in [-0.3, -0.25) is 0 Å². The van der Waals surface area contributed by atoms with Crippen LogP contribution in [-0.4, -0.2) is 18.0 Å². The van der Waals surface area contributed by atoms with Crippen LogP contribution in [0.3, 0.4) is 0 Å². The van der Waals surface area contributed by atoms with Crippen molar-refractivity contribution in [2.75, 3.05) is 6.61 Å². The highest BCUT2D eigenvalue weighted by Gasteiger charge is 2.29. The highest BCUT2D eigenvalue weighted by molar-refractivity contribution is 5.55. The van der Waals surface area contributed by atoms with Gasteiger partial charge in [0.2, 0.25) is 0 Å². The molecule has 1 N–H and O–H groups in total. The molecule has 2 atom stereocenters. The Kier molecular flexibility index (Phi) is 1.63. The van der Waals surface area contributed by atoms with Crippen LogP contribution in [0.2, 0.25) is 0 Å². The van der Waals surface area contributed by atoms with E-state index in [9.17, 15) is 4.79 Å². The van der Waals surface area contributed by atoms with Crippen LogP contribution >= 0.6 is 0 Å². The Morgan fingerprint density at radius 3 is 2.50 bits per heavy atom. The summed E-state index contributed by atoms with van der Waals surface area (Å²) in [7, 11) is 0. The Labute approximate surface area is 48.5 Å². The van der Waals surface area contributed by atoms with Crippen molar-refractivity contribution < 1.29 is 9.90 Å². The maximum absolute atomic E-state index is 10.0. The van der Waals surface area contributed by atoms with Crippen LogP contribution in [0, 0.1) is 11.8 Å². The summed E-state index contributed by atoms with van der Waals surface area (Å²) < 4.78 is 0. The standard InChI is InChI=1S/C6H10O2/c7-3-5-1-2-6(5)4-8/h3,5-6,8H,1-2,4H2. The van der Waals surface area contributed by atoms with Crippen LogP contribution in [-0.2, 0) is 4.79 Å². The van der Waals surface area contributed by atoms with Crippen molar-refractivity contribution in [1.82, 2.24) is 0 Å². The average molecular weight is 114 g/mol. The molecule has 8 heavy (non-hydrogen) atoms. The summed E-state index contributed by atoms with van der Waals surface area (Å²) in [5.41, 5.74) is 0. The van der Waals surface area contributed by atoms with E-state index in [1.165, 1.54) is 0 Å². The topological polar surface area (TPSA) is 37.3 Å². The number of aliphatic hydroxyl groups excluding tert-OH is 1. The van der Waals surface area contributed by atoms with Crippen LogP contribution in [0.1, 0.15) is 12.8 Å². The molecular formula is C6H10O2. The fourth-order valence-electron chi connectivity index (χ4n) is 1.00. The molecule has 0 aromatic carbocycles. The molecule has 0 bridgehead atoms. The number of aliphatic hydroxyl groups is 1. The van der Waals surface area contributed by atoms with E-state index in [1.54, 1.807) is 0 Å². The molecule has 0 saturated heterocycles. The number of rotatable bonds is 2. The molecule has 0 aliphatic heterocycles. The quantitative estimate of drug-likeness (QED) is 0.521. The van der Waals surface area contributed by atoms with Crippen molar-refractivity contribution >= 4 is 6.29 Å². The Hall–Kier alpha value is -0.370. The van der Waals surface area contributed by atoms with Gasteiger partial charge in [-0.25, -0.2) is 0 Å². The summed E-state index contributed by atoms with van der Waals surface area (Å²) in [5.74, 6) is 0.451. The Morgan fingerprint density at radius 1 is 1.62 bits per heavy atom. The summed E-state index contributed by atoms with van der Waals surface area (Å²) in [4.78, 5) is 10.0. The minimum Gasteiger partial charge on any atom is -0.396 e. The zero-order valence-corrected chi connectivity index (χ0v) is 4.71. The monoisotopic (exact) mass is 114 g/mol. The number of hydrogen-bond donors (Lipinski definition) is 1. The lowest BCUT2D eigenvalue weighted by Crippen LogP contribution is -2.29. The lowest BCUT2D eigenvalue weighted by molar-refractivity contribution is -0.116. The molecule has 0 aromatic rings. The molecule has 0 amide bonds. The zero-order valence-electron chi connectivity index (χ0n) is 4.71. The zero-order chi connectivity index (χ0) is 5.98. The van der Waals surface area contributed by atoms with Gasteiger partial charge in [-0.15, -0.1) is 0 Å². The van der Waals surface area contributed by atoms with E-state index < -0.39 is 0 Å². The maximum Gasteiger partial charge on any atom is 0.123 e. The Balaban J connectivity index is 2.26. The summed E-state index contributed by atoms with van der Waals surface area (Å²) in [6.07, 6.45) is 2.96. The maximum atomic E-state index is 10.0. The van der Waals surface area contributed by atoms with Crippen molar-refractivity contribution in [3.63, 3.8) is 0 Å². The van der Waals surface area contributed by atoms with Gasteiger partial charge >= 0.3 is 0 Å². The van der Waals surface area contributed by atoms with Gasteiger partial charge in [-0.2, -0.15) is 0 Å². The summed E-state index contributed by atoms with van der Waals surface area (Å²) >= 11 is 0. The van der Waals surface area contributed by atoms with E-state index in [1.807, 2.05) is 0 Å². The van der Waals surface area contributed by atoms with Crippen molar-refractivity contribution in [3.05, 3.63) is 0 Å². The normalized spacial score (nSPS) is 36.1. The van der Waals surface area contributed by atoms with E-state index in [4.69, 9.17) is 5.11 Å². The van der Waals surface area contributed by atoms with Gasteiger partial charge < -0.3 is 9.90 Å². The minimum atomic E-state index is 0.167. The van der Waals surface area contributed by atoms with Gasteiger partial charge in [0.05, 0.1) is 0 Å². The second-order valence-electron chi connectivity index (χ2n) is 2.32. The number of carbonyl (C=O) groups is 1. The smallest absolute Gasteiger partial charge is 0.123 e. The molecule has 0 aromatic heterocycles. The predicted molar refractivity (Wildman–Crippen MR) is 29.4 cm³/mol. The Bertz CT molecular complexity index is 88.5. The first-order chi connectivity index (χ1) is 3.88. The van der Waals surface area contributed by atoms with Gasteiger partial charge in [-0.05, 0) is 18.8 Å². The van der Waals surface area contributed by atoms with Crippen LogP contribution in [0.25, 0.3) is 0 Å². The van der Waals surface area contributed by atoms with E-state index in [0.717, 1.165) is 19.1 Å². The number of hydrogen-bond acceptors (Lipinski definition) is 2. The van der Waals surface area contributed by atoms with Gasteiger partial charge in [-0.1, -0.05) is 0 Å². The Morgan fingerprint density at radius 2 is 2.38 bits per heavy atom. The van der Waals surface area contributed by atoms with Crippen LogP contribution < -0.4 is 0 Å². The fraction of sp³-hybridized carbons (Fsp3) is 0.833. The second kappa shape index (κ2) is 2.27. The summed E-state index contributed by atoms with van der Waals surface area (Å²) in [6, 6.07) is 0.